The monoisotopic (exact) mass is 311 g/mol. The maximum absolute atomic E-state index is 6.05. The van der Waals surface area contributed by atoms with Gasteiger partial charge in [-0.2, -0.15) is 0 Å². The molecule has 4 heteroatoms. The van der Waals surface area contributed by atoms with Crippen LogP contribution in [0.1, 0.15) is 38.5 Å². The van der Waals surface area contributed by atoms with Gasteiger partial charge in [-0.3, -0.25) is 4.98 Å². The molecule has 0 amide bonds. The number of ether oxygens (including phenoxy) is 2. The number of halogens is 1. The Morgan fingerprint density at radius 3 is 2.94 bits per heavy atom. The van der Waals surface area contributed by atoms with E-state index in [1.807, 2.05) is 6.07 Å². The van der Waals surface area contributed by atoms with Crippen molar-refractivity contribution >= 4 is 15.9 Å². The van der Waals surface area contributed by atoms with Gasteiger partial charge in [-0.15, -0.1) is 0 Å². The fourth-order valence-electron chi connectivity index (χ4n) is 3.10. The van der Waals surface area contributed by atoms with Gasteiger partial charge in [0, 0.05) is 23.5 Å². The zero-order valence-corrected chi connectivity index (χ0v) is 12.0. The summed E-state index contributed by atoms with van der Waals surface area (Å²) in [6, 6.07) is 1.98. The molecule has 1 aliphatic heterocycles. The van der Waals surface area contributed by atoms with Gasteiger partial charge < -0.3 is 9.47 Å². The Kier molecular flexibility index (Phi) is 3.57. The molecule has 0 radical (unpaired) electrons. The van der Waals surface area contributed by atoms with Gasteiger partial charge in [0.2, 0.25) is 0 Å². The molecule has 0 N–H and O–H groups in total. The Bertz CT molecular complexity index is 418. The summed E-state index contributed by atoms with van der Waals surface area (Å²) in [5.74, 6) is 0.851. The van der Waals surface area contributed by atoms with E-state index in [2.05, 4.69) is 20.9 Å². The van der Waals surface area contributed by atoms with Gasteiger partial charge in [0.05, 0.1) is 18.4 Å². The highest BCUT2D eigenvalue weighted by Crippen LogP contribution is 2.40. The molecule has 0 bridgehead atoms. The molecule has 1 aliphatic carbocycles. The number of aromatic nitrogens is 1. The highest BCUT2D eigenvalue weighted by molar-refractivity contribution is 9.10. The first-order valence-electron chi connectivity index (χ1n) is 6.67. The molecule has 1 atom stereocenters. The number of nitrogens with zero attached hydrogens (tertiary/aromatic N) is 1. The minimum Gasteiger partial charge on any atom is -0.489 e. The van der Waals surface area contributed by atoms with E-state index < -0.39 is 0 Å². The van der Waals surface area contributed by atoms with E-state index in [0.717, 1.165) is 29.7 Å². The van der Waals surface area contributed by atoms with Crippen molar-refractivity contribution in [3.05, 3.63) is 22.9 Å². The second kappa shape index (κ2) is 5.17. The lowest BCUT2D eigenvalue weighted by atomic mass is 9.90. The molecule has 3 rings (SSSR count). The average Bonchev–Trinajstić information content (AvgIpc) is 2.77. The quantitative estimate of drug-likeness (QED) is 0.834. The SMILES string of the molecule is Brc1cncc(OC2CCOC3(CCCC3)C2)c1. The van der Waals surface area contributed by atoms with Crippen molar-refractivity contribution in [3.63, 3.8) is 0 Å². The van der Waals surface area contributed by atoms with Gasteiger partial charge in [0.25, 0.3) is 0 Å². The molecule has 1 unspecified atom stereocenters. The van der Waals surface area contributed by atoms with Gasteiger partial charge in [-0.05, 0) is 34.8 Å². The van der Waals surface area contributed by atoms with Crippen molar-refractivity contribution in [3.8, 4) is 5.75 Å². The maximum Gasteiger partial charge on any atom is 0.139 e. The van der Waals surface area contributed by atoms with Crippen LogP contribution in [0.25, 0.3) is 0 Å². The third-order valence-electron chi connectivity index (χ3n) is 3.95. The molecule has 98 valence electrons. The lowest BCUT2D eigenvalue weighted by Crippen LogP contribution is -2.41. The molecule has 2 heterocycles. The summed E-state index contributed by atoms with van der Waals surface area (Å²) in [5.41, 5.74) is 0.113. The summed E-state index contributed by atoms with van der Waals surface area (Å²) in [7, 11) is 0. The summed E-state index contributed by atoms with van der Waals surface area (Å²) in [5, 5.41) is 0. The number of rotatable bonds is 2. The van der Waals surface area contributed by atoms with Crippen LogP contribution in [0.4, 0.5) is 0 Å². The second-order valence-electron chi connectivity index (χ2n) is 5.31. The Morgan fingerprint density at radius 2 is 2.17 bits per heavy atom. The third-order valence-corrected chi connectivity index (χ3v) is 4.38. The summed E-state index contributed by atoms with van der Waals surface area (Å²) in [6.07, 6.45) is 10.8. The third kappa shape index (κ3) is 2.69. The predicted octanol–water partition coefficient (Wildman–Crippen LogP) is 3.71. The molecule has 1 aromatic rings. The zero-order chi connectivity index (χ0) is 12.4. The fourth-order valence-corrected chi connectivity index (χ4v) is 3.44. The van der Waals surface area contributed by atoms with E-state index in [9.17, 15) is 0 Å². The first-order chi connectivity index (χ1) is 8.76. The van der Waals surface area contributed by atoms with E-state index in [1.165, 1.54) is 25.7 Å². The molecule has 1 spiro atoms. The average molecular weight is 312 g/mol. The van der Waals surface area contributed by atoms with Gasteiger partial charge in [-0.1, -0.05) is 12.8 Å². The summed E-state index contributed by atoms with van der Waals surface area (Å²) < 4.78 is 13.0. The normalized spacial score (nSPS) is 26.4. The minimum absolute atomic E-state index is 0.113. The maximum atomic E-state index is 6.05. The Morgan fingerprint density at radius 1 is 1.33 bits per heavy atom. The highest BCUT2D eigenvalue weighted by Gasteiger charge is 2.40. The molecule has 1 aromatic heterocycles. The molecular weight excluding hydrogens is 294 g/mol. The Balaban J connectivity index is 1.66. The lowest BCUT2D eigenvalue weighted by molar-refractivity contribution is -0.108. The molecule has 1 saturated heterocycles. The first-order valence-corrected chi connectivity index (χ1v) is 7.46. The number of hydrogen-bond acceptors (Lipinski definition) is 3. The summed E-state index contributed by atoms with van der Waals surface area (Å²) >= 11 is 3.42. The van der Waals surface area contributed by atoms with Crippen LogP contribution >= 0.6 is 15.9 Å². The van der Waals surface area contributed by atoms with E-state index in [4.69, 9.17) is 9.47 Å². The van der Waals surface area contributed by atoms with Crippen LogP contribution in [0.5, 0.6) is 5.75 Å². The molecular formula is C14H18BrNO2. The van der Waals surface area contributed by atoms with E-state index in [-0.39, 0.29) is 11.7 Å². The largest absolute Gasteiger partial charge is 0.489 e. The Labute approximate surface area is 116 Å². The van der Waals surface area contributed by atoms with E-state index in [0.29, 0.717) is 0 Å². The van der Waals surface area contributed by atoms with Crippen molar-refractivity contribution in [2.75, 3.05) is 6.61 Å². The molecule has 18 heavy (non-hydrogen) atoms. The summed E-state index contributed by atoms with van der Waals surface area (Å²) in [4.78, 5) is 4.14. The van der Waals surface area contributed by atoms with E-state index >= 15 is 0 Å². The fraction of sp³-hybridized carbons (Fsp3) is 0.643. The lowest BCUT2D eigenvalue weighted by Gasteiger charge is -2.38. The second-order valence-corrected chi connectivity index (χ2v) is 6.23. The van der Waals surface area contributed by atoms with Crippen molar-refractivity contribution in [2.45, 2.75) is 50.2 Å². The van der Waals surface area contributed by atoms with Crippen molar-refractivity contribution in [2.24, 2.45) is 0 Å². The van der Waals surface area contributed by atoms with E-state index in [1.54, 1.807) is 12.4 Å². The van der Waals surface area contributed by atoms with Gasteiger partial charge >= 0.3 is 0 Å². The molecule has 0 aromatic carbocycles. The Hall–Kier alpha value is -0.610. The van der Waals surface area contributed by atoms with Crippen LogP contribution in [-0.4, -0.2) is 23.3 Å². The van der Waals surface area contributed by atoms with Crippen molar-refractivity contribution in [1.29, 1.82) is 0 Å². The number of hydrogen-bond donors (Lipinski definition) is 0. The van der Waals surface area contributed by atoms with Crippen molar-refractivity contribution < 1.29 is 9.47 Å². The van der Waals surface area contributed by atoms with Crippen LogP contribution in [0.3, 0.4) is 0 Å². The minimum atomic E-state index is 0.113. The van der Waals surface area contributed by atoms with Crippen molar-refractivity contribution in [1.82, 2.24) is 4.98 Å². The first kappa shape index (κ1) is 12.4. The van der Waals surface area contributed by atoms with Crippen LogP contribution in [0.15, 0.2) is 22.9 Å². The number of pyridine rings is 1. The van der Waals surface area contributed by atoms with Crippen LogP contribution < -0.4 is 4.74 Å². The molecule has 1 saturated carbocycles. The zero-order valence-electron chi connectivity index (χ0n) is 10.4. The van der Waals surface area contributed by atoms with Gasteiger partial charge in [-0.25, -0.2) is 0 Å². The van der Waals surface area contributed by atoms with Crippen LogP contribution in [-0.2, 0) is 4.74 Å². The van der Waals surface area contributed by atoms with Crippen LogP contribution in [0, 0.1) is 0 Å². The topological polar surface area (TPSA) is 31.4 Å². The van der Waals surface area contributed by atoms with Gasteiger partial charge in [0.1, 0.15) is 11.9 Å². The van der Waals surface area contributed by atoms with Crippen LogP contribution in [0.2, 0.25) is 0 Å². The standard InChI is InChI=1S/C14H18BrNO2/c15-11-7-13(10-16-9-11)18-12-3-6-17-14(8-12)4-1-2-5-14/h7,9-10,12H,1-6,8H2. The summed E-state index contributed by atoms with van der Waals surface area (Å²) in [6.45, 7) is 0.825. The molecule has 2 fully saturated rings. The molecule has 3 nitrogen and oxygen atoms in total. The molecule has 2 aliphatic rings. The smallest absolute Gasteiger partial charge is 0.139 e. The highest BCUT2D eigenvalue weighted by atomic mass is 79.9. The predicted molar refractivity (Wildman–Crippen MR) is 72.7 cm³/mol. The van der Waals surface area contributed by atoms with Gasteiger partial charge in [0.15, 0.2) is 0 Å².